The third kappa shape index (κ3) is 4.66. The predicted octanol–water partition coefficient (Wildman–Crippen LogP) is 1.92. The van der Waals surface area contributed by atoms with Crippen molar-refractivity contribution in [3.63, 3.8) is 0 Å². The zero-order chi connectivity index (χ0) is 21.7. The van der Waals surface area contributed by atoms with Crippen molar-refractivity contribution < 1.29 is 36.6 Å². The van der Waals surface area contributed by atoms with Crippen LogP contribution in [0, 0.1) is 5.82 Å². The second kappa shape index (κ2) is 9.33. The van der Waals surface area contributed by atoms with Crippen LogP contribution in [0.3, 0.4) is 0 Å². The summed E-state index contributed by atoms with van der Waals surface area (Å²) in [6, 6.07) is 10.9. The molecular formula is C20H20FNO7S. The molecule has 1 fully saturated rings. The van der Waals surface area contributed by atoms with E-state index >= 15 is 0 Å². The molecule has 2 aromatic rings. The molecule has 1 saturated heterocycles. The minimum atomic E-state index is -3.95. The third-order valence-electron chi connectivity index (χ3n) is 4.51. The fourth-order valence-electron chi connectivity index (χ4n) is 2.91. The van der Waals surface area contributed by atoms with Crippen LogP contribution in [0.2, 0.25) is 0 Å². The summed E-state index contributed by atoms with van der Waals surface area (Å²) in [5, 5.41) is 0. The van der Waals surface area contributed by atoms with E-state index in [4.69, 9.17) is 9.47 Å². The van der Waals surface area contributed by atoms with Crippen molar-refractivity contribution >= 4 is 22.0 Å². The molecule has 30 heavy (non-hydrogen) atoms. The summed E-state index contributed by atoms with van der Waals surface area (Å²) in [5.41, 5.74) is -0.274. The molecule has 1 heterocycles. The lowest BCUT2D eigenvalue weighted by atomic mass is 10.1. The van der Waals surface area contributed by atoms with E-state index in [9.17, 15) is 22.4 Å². The lowest BCUT2D eigenvalue weighted by Gasteiger charge is -2.26. The van der Waals surface area contributed by atoms with E-state index in [1.54, 1.807) is 30.3 Å². The van der Waals surface area contributed by atoms with Gasteiger partial charge in [0.2, 0.25) is 16.1 Å². The van der Waals surface area contributed by atoms with E-state index in [0.29, 0.717) is 5.56 Å². The number of esters is 2. The Kier molecular flexibility index (Phi) is 6.80. The van der Waals surface area contributed by atoms with Crippen LogP contribution >= 0.6 is 0 Å². The van der Waals surface area contributed by atoms with Crippen molar-refractivity contribution in [3.05, 3.63) is 65.5 Å². The SMILES string of the molecule is COC(=O)C(OC(=O)c1cc(S(=O)(=O)N2CCOCC2)ccc1F)c1ccccc1. The minimum absolute atomic E-state index is 0.151. The number of hydrogen-bond donors (Lipinski definition) is 0. The summed E-state index contributed by atoms with van der Waals surface area (Å²) in [7, 11) is -2.82. The zero-order valence-corrected chi connectivity index (χ0v) is 16.9. The molecule has 3 rings (SSSR count). The van der Waals surface area contributed by atoms with E-state index in [0.717, 1.165) is 25.3 Å². The summed E-state index contributed by atoms with van der Waals surface area (Å²) in [6.45, 7) is 0.788. The highest BCUT2D eigenvalue weighted by Crippen LogP contribution is 2.24. The van der Waals surface area contributed by atoms with Crippen molar-refractivity contribution in [2.75, 3.05) is 33.4 Å². The van der Waals surface area contributed by atoms with E-state index in [1.807, 2.05) is 0 Å². The van der Waals surface area contributed by atoms with Crippen molar-refractivity contribution in [2.24, 2.45) is 0 Å². The van der Waals surface area contributed by atoms with Gasteiger partial charge in [0.15, 0.2) is 0 Å². The molecule has 2 aromatic carbocycles. The Bertz CT molecular complexity index is 1020. The third-order valence-corrected chi connectivity index (χ3v) is 6.40. The number of carbonyl (C=O) groups excluding carboxylic acids is 2. The molecule has 0 aromatic heterocycles. The van der Waals surface area contributed by atoms with Gasteiger partial charge < -0.3 is 14.2 Å². The number of methoxy groups -OCH3 is 1. The fourth-order valence-corrected chi connectivity index (χ4v) is 4.35. The molecule has 0 saturated carbocycles. The normalized spacial score (nSPS) is 15.9. The van der Waals surface area contributed by atoms with Crippen LogP contribution in [0.15, 0.2) is 53.4 Å². The number of benzene rings is 2. The molecule has 10 heteroatoms. The van der Waals surface area contributed by atoms with Gasteiger partial charge in [0, 0.05) is 18.7 Å². The van der Waals surface area contributed by atoms with Crippen LogP contribution in [-0.2, 0) is 29.0 Å². The molecule has 8 nitrogen and oxygen atoms in total. The summed E-state index contributed by atoms with van der Waals surface area (Å²) < 4.78 is 56.1. The molecule has 0 aliphatic carbocycles. The fraction of sp³-hybridized carbons (Fsp3) is 0.300. The lowest BCUT2D eigenvalue weighted by Crippen LogP contribution is -2.40. The maximum absolute atomic E-state index is 14.3. The second-order valence-corrected chi connectivity index (χ2v) is 8.32. The Balaban J connectivity index is 1.90. The molecule has 0 radical (unpaired) electrons. The molecule has 1 unspecified atom stereocenters. The van der Waals surface area contributed by atoms with Crippen LogP contribution in [0.5, 0.6) is 0 Å². The van der Waals surface area contributed by atoms with Gasteiger partial charge in [0.25, 0.3) is 0 Å². The molecule has 1 aliphatic rings. The number of rotatable bonds is 6. The number of ether oxygens (including phenoxy) is 3. The van der Waals surface area contributed by atoms with Crippen LogP contribution in [0.25, 0.3) is 0 Å². The van der Waals surface area contributed by atoms with Gasteiger partial charge in [0.05, 0.1) is 30.8 Å². The van der Waals surface area contributed by atoms with Crippen molar-refractivity contribution in [3.8, 4) is 0 Å². The van der Waals surface area contributed by atoms with Gasteiger partial charge in [-0.25, -0.2) is 22.4 Å². The molecule has 0 N–H and O–H groups in total. The van der Waals surface area contributed by atoms with Gasteiger partial charge in [0.1, 0.15) is 5.82 Å². The first-order valence-corrected chi connectivity index (χ1v) is 10.5. The first kappa shape index (κ1) is 21.9. The standard InChI is InChI=1S/C20H20FNO7S/c1-27-20(24)18(14-5-3-2-4-6-14)29-19(23)16-13-15(7-8-17(16)21)30(25,26)22-9-11-28-12-10-22/h2-8,13,18H,9-12H2,1H3. The number of morpholine rings is 1. The molecule has 0 spiro atoms. The predicted molar refractivity (Wildman–Crippen MR) is 103 cm³/mol. The monoisotopic (exact) mass is 437 g/mol. The van der Waals surface area contributed by atoms with Crippen molar-refractivity contribution in [1.82, 2.24) is 4.31 Å². The Morgan fingerprint density at radius 1 is 1.10 bits per heavy atom. The van der Waals surface area contributed by atoms with Crippen LogP contribution in [-0.4, -0.2) is 58.1 Å². The lowest BCUT2D eigenvalue weighted by molar-refractivity contribution is -0.151. The van der Waals surface area contributed by atoms with E-state index in [2.05, 4.69) is 4.74 Å². The molecule has 1 atom stereocenters. The largest absolute Gasteiger partial charge is 0.466 e. The van der Waals surface area contributed by atoms with E-state index in [-0.39, 0.29) is 31.2 Å². The molecule has 160 valence electrons. The number of nitrogens with zero attached hydrogens (tertiary/aromatic N) is 1. The van der Waals surface area contributed by atoms with E-state index in [1.165, 1.54) is 4.31 Å². The highest BCUT2D eigenvalue weighted by atomic mass is 32.2. The van der Waals surface area contributed by atoms with Gasteiger partial charge in [-0.15, -0.1) is 0 Å². The average molecular weight is 437 g/mol. The van der Waals surface area contributed by atoms with Crippen LogP contribution < -0.4 is 0 Å². The molecular weight excluding hydrogens is 417 g/mol. The number of sulfonamides is 1. The van der Waals surface area contributed by atoms with Gasteiger partial charge in [-0.2, -0.15) is 4.31 Å². The molecule has 0 amide bonds. The average Bonchev–Trinajstić information content (AvgIpc) is 2.78. The zero-order valence-electron chi connectivity index (χ0n) is 16.1. The van der Waals surface area contributed by atoms with Crippen molar-refractivity contribution in [2.45, 2.75) is 11.0 Å². The van der Waals surface area contributed by atoms with Gasteiger partial charge in [-0.1, -0.05) is 30.3 Å². The summed E-state index contributed by atoms with van der Waals surface area (Å²) in [6.07, 6.45) is -1.43. The maximum atomic E-state index is 14.3. The second-order valence-electron chi connectivity index (χ2n) is 6.38. The summed E-state index contributed by atoms with van der Waals surface area (Å²) in [4.78, 5) is 24.5. The van der Waals surface area contributed by atoms with Gasteiger partial charge in [-0.05, 0) is 18.2 Å². The Labute approximate surface area is 173 Å². The van der Waals surface area contributed by atoms with Gasteiger partial charge in [-0.3, -0.25) is 0 Å². The molecule has 0 bridgehead atoms. The van der Waals surface area contributed by atoms with Crippen LogP contribution in [0.4, 0.5) is 4.39 Å². The smallest absolute Gasteiger partial charge is 0.351 e. The maximum Gasteiger partial charge on any atom is 0.351 e. The number of carbonyl (C=O) groups is 2. The number of halogens is 1. The Morgan fingerprint density at radius 3 is 2.40 bits per heavy atom. The summed E-state index contributed by atoms with van der Waals surface area (Å²) >= 11 is 0. The highest BCUT2D eigenvalue weighted by Gasteiger charge is 2.30. The van der Waals surface area contributed by atoms with Crippen molar-refractivity contribution in [1.29, 1.82) is 0 Å². The number of hydrogen-bond acceptors (Lipinski definition) is 7. The van der Waals surface area contributed by atoms with E-state index < -0.39 is 39.4 Å². The highest BCUT2D eigenvalue weighted by molar-refractivity contribution is 7.89. The van der Waals surface area contributed by atoms with Crippen LogP contribution in [0.1, 0.15) is 22.0 Å². The summed E-state index contributed by atoms with van der Waals surface area (Å²) in [5.74, 6) is -3.02. The topological polar surface area (TPSA) is 99.2 Å². The van der Waals surface area contributed by atoms with Gasteiger partial charge >= 0.3 is 11.9 Å². The Morgan fingerprint density at radius 2 is 1.77 bits per heavy atom. The minimum Gasteiger partial charge on any atom is -0.466 e. The first-order valence-electron chi connectivity index (χ1n) is 9.06. The Hall–Kier alpha value is -2.82. The first-order chi connectivity index (χ1) is 14.3. The molecule has 1 aliphatic heterocycles. The quantitative estimate of drug-likeness (QED) is 0.637.